The molecule has 0 aromatic heterocycles. The Balaban J connectivity index is 2.06. The lowest BCUT2D eigenvalue weighted by Gasteiger charge is -2.37. The molecule has 1 fully saturated rings. The summed E-state index contributed by atoms with van der Waals surface area (Å²) in [7, 11) is 0. The van der Waals surface area contributed by atoms with Gasteiger partial charge in [-0.3, -0.25) is 4.90 Å². The van der Waals surface area contributed by atoms with Crippen LogP contribution in [0.15, 0.2) is 30.3 Å². The van der Waals surface area contributed by atoms with Crippen molar-refractivity contribution in [1.82, 2.24) is 4.90 Å². The Morgan fingerprint density at radius 1 is 1.12 bits per heavy atom. The Labute approximate surface area is 104 Å². The third-order valence-electron chi connectivity index (χ3n) is 3.95. The van der Waals surface area contributed by atoms with Crippen LogP contribution in [0.2, 0.25) is 0 Å². The van der Waals surface area contributed by atoms with E-state index in [1.807, 2.05) is 6.07 Å². The van der Waals surface area contributed by atoms with Crippen LogP contribution in [0.5, 0.6) is 0 Å². The van der Waals surface area contributed by atoms with Crippen molar-refractivity contribution < 1.29 is 5.11 Å². The third-order valence-corrected chi connectivity index (χ3v) is 3.95. The molecule has 1 N–H and O–H groups in total. The molecule has 1 heterocycles. The molecule has 0 saturated carbocycles. The maximum atomic E-state index is 9.67. The van der Waals surface area contributed by atoms with Gasteiger partial charge in [0.15, 0.2) is 0 Å². The second kappa shape index (κ2) is 6.18. The lowest BCUT2D eigenvalue weighted by Crippen LogP contribution is -2.44. The van der Waals surface area contributed by atoms with Gasteiger partial charge in [0.05, 0.1) is 6.61 Å². The molecule has 0 aliphatic carbocycles. The molecular weight excluding hydrogens is 210 g/mol. The molecule has 94 valence electrons. The first kappa shape index (κ1) is 12.6. The average Bonchev–Trinajstić information content (AvgIpc) is 2.42. The van der Waals surface area contributed by atoms with Gasteiger partial charge < -0.3 is 5.11 Å². The average molecular weight is 233 g/mol. The van der Waals surface area contributed by atoms with Gasteiger partial charge in [-0.2, -0.15) is 0 Å². The molecule has 1 aromatic rings. The van der Waals surface area contributed by atoms with E-state index in [9.17, 15) is 5.11 Å². The molecule has 1 aliphatic heterocycles. The lowest BCUT2D eigenvalue weighted by atomic mass is 9.91. The van der Waals surface area contributed by atoms with Crippen LogP contribution < -0.4 is 0 Å². The molecule has 2 heteroatoms. The normalized spacial score (nSPS) is 21.1. The Morgan fingerprint density at radius 2 is 1.76 bits per heavy atom. The fourth-order valence-corrected chi connectivity index (χ4v) is 2.82. The van der Waals surface area contributed by atoms with Crippen molar-refractivity contribution in [1.29, 1.82) is 0 Å². The van der Waals surface area contributed by atoms with Crippen molar-refractivity contribution >= 4 is 0 Å². The fourth-order valence-electron chi connectivity index (χ4n) is 2.82. The van der Waals surface area contributed by atoms with Gasteiger partial charge in [-0.1, -0.05) is 43.7 Å². The van der Waals surface area contributed by atoms with Crippen LogP contribution in [-0.2, 0) is 0 Å². The summed E-state index contributed by atoms with van der Waals surface area (Å²) in [6.45, 7) is 4.77. The highest BCUT2D eigenvalue weighted by atomic mass is 16.3. The summed E-state index contributed by atoms with van der Waals surface area (Å²) in [5.41, 5.74) is 1.33. The molecule has 1 saturated heterocycles. The minimum atomic E-state index is 0.260. The summed E-state index contributed by atoms with van der Waals surface area (Å²) >= 11 is 0. The summed E-state index contributed by atoms with van der Waals surface area (Å²) in [6, 6.07) is 10.8. The van der Waals surface area contributed by atoms with Gasteiger partial charge in [0, 0.05) is 6.04 Å². The molecule has 17 heavy (non-hydrogen) atoms. The molecule has 2 nitrogen and oxygen atoms in total. The van der Waals surface area contributed by atoms with Gasteiger partial charge >= 0.3 is 0 Å². The zero-order valence-corrected chi connectivity index (χ0v) is 10.7. The van der Waals surface area contributed by atoms with Crippen molar-refractivity contribution in [2.75, 3.05) is 19.7 Å². The summed E-state index contributed by atoms with van der Waals surface area (Å²) in [5, 5.41) is 9.67. The number of aliphatic hydroxyl groups is 1. The number of piperidine rings is 1. The molecule has 1 aromatic carbocycles. The summed E-state index contributed by atoms with van der Waals surface area (Å²) in [6.07, 6.45) is 3.89. The number of hydrogen-bond acceptors (Lipinski definition) is 2. The molecule has 1 aliphatic rings. The number of benzene rings is 1. The number of hydrogen-bond donors (Lipinski definition) is 1. The van der Waals surface area contributed by atoms with Crippen LogP contribution in [0.1, 0.15) is 37.7 Å². The molecule has 2 atom stereocenters. The van der Waals surface area contributed by atoms with Crippen molar-refractivity contribution in [2.45, 2.75) is 38.1 Å². The second-order valence-electron chi connectivity index (χ2n) is 5.05. The molecule has 2 unspecified atom stereocenters. The van der Waals surface area contributed by atoms with E-state index in [1.54, 1.807) is 0 Å². The Bertz CT molecular complexity index is 319. The first-order valence-electron chi connectivity index (χ1n) is 6.73. The summed E-state index contributed by atoms with van der Waals surface area (Å²) < 4.78 is 0. The monoisotopic (exact) mass is 233 g/mol. The predicted octanol–water partition coefficient (Wildman–Crippen LogP) is 2.64. The zero-order chi connectivity index (χ0) is 12.1. The smallest absolute Gasteiger partial charge is 0.0592 e. The van der Waals surface area contributed by atoms with E-state index >= 15 is 0 Å². The quantitative estimate of drug-likeness (QED) is 0.864. The number of likely N-dealkylation sites (tertiary alicyclic amines) is 1. The van der Waals surface area contributed by atoms with Crippen molar-refractivity contribution in [3.05, 3.63) is 35.9 Å². The van der Waals surface area contributed by atoms with Gasteiger partial charge in [0.1, 0.15) is 0 Å². The molecule has 0 spiro atoms. The van der Waals surface area contributed by atoms with Gasteiger partial charge in [-0.05, 0) is 37.4 Å². The molecule has 0 radical (unpaired) electrons. The Hall–Kier alpha value is -0.860. The minimum Gasteiger partial charge on any atom is -0.395 e. The number of nitrogens with zero attached hydrogens (tertiary/aromatic N) is 1. The first-order chi connectivity index (χ1) is 8.33. The third kappa shape index (κ3) is 3.08. The summed E-state index contributed by atoms with van der Waals surface area (Å²) in [5.74, 6) is 0.402. The first-order valence-corrected chi connectivity index (χ1v) is 6.73. The van der Waals surface area contributed by atoms with Gasteiger partial charge in [-0.15, -0.1) is 0 Å². The highest BCUT2D eigenvalue weighted by molar-refractivity contribution is 5.20. The maximum absolute atomic E-state index is 9.67. The van der Waals surface area contributed by atoms with E-state index in [2.05, 4.69) is 36.1 Å². The van der Waals surface area contributed by atoms with Crippen LogP contribution in [-0.4, -0.2) is 35.7 Å². The van der Waals surface area contributed by atoms with Crippen molar-refractivity contribution in [3.8, 4) is 0 Å². The van der Waals surface area contributed by atoms with Gasteiger partial charge in [-0.25, -0.2) is 0 Å². The van der Waals surface area contributed by atoms with E-state index in [0.29, 0.717) is 5.92 Å². The minimum absolute atomic E-state index is 0.260. The van der Waals surface area contributed by atoms with Crippen LogP contribution in [0, 0.1) is 0 Å². The van der Waals surface area contributed by atoms with Crippen LogP contribution in [0.25, 0.3) is 0 Å². The van der Waals surface area contributed by atoms with E-state index in [0.717, 1.165) is 13.1 Å². The largest absolute Gasteiger partial charge is 0.395 e. The summed E-state index contributed by atoms with van der Waals surface area (Å²) in [4.78, 5) is 2.46. The molecule has 0 amide bonds. The lowest BCUT2D eigenvalue weighted by molar-refractivity contribution is 0.0894. The standard InChI is InChI=1S/C15H23NO/c1-13(14-8-4-2-5-9-14)15(12-17)16-10-6-3-7-11-16/h2,4-5,8-9,13,15,17H,3,6-7,10-12H2,1H3. The van der Waals surface area contributed by atoms with E-state index in [4.69, 9.17) is 0 Å². The van der Waals surface area contributed by atoms with Crippen LogP contribution in [0.4, 0.5) is 0 Å². The topological polar surface area (TPSA) is 23.5 Å². The Kier molecular flexibility index (Phi) is 4.57. The predicted molar refractivity (Wildman–Crippen MR) is 71.2 cm³/mol. The van der Waals surface area contributed by atoms with E-state index < -0.39 is 0 Å². The van der Waals surface area contributed by atoms with E-state index in [-0.39, 0.29) is 12.6 Å². The van der Waals surface area contributed by atoms with Gasteiger partial charge in [0.2, 0.25) is 0 Å². The SMILES string of the molecule is CC(c1ccccc1)C(CO)N1CCCCC1. The zero-order valence-electron chi connectivity index (χ0n) is 10.7. The van der Waals surface area contributed by atoms with Crippen molar-refractivity contribution in [2.24, 2.45) is 0 Å². The number of aliphatic hydroxyl groups excluding tert-OH is 1. The van der Waals surface area contributed by atoms with Gasteiger partial charge in [0.25, 0.3) is 0 Å². The maximum Gasteiger partial charge on any atom is 0.0592 e. The molecular formula is C15H23NO. The second-order valence-corrected chi connectivity index (χ2v) is 5.05. The molecule has 0 bridgehead atoms. The van der Waals surface area contributed by atoms with E-state index in [1.165, 1.54) is 24.8 Å². The fraction of sp³-hybridized carbons (Fsp3) is 0.600. The van der Waals surface area contributed by atoms with Crippen molar-refractivity contribution in [3.63, 3.8) is 0 Å². The highest BCUT2D eigenvalue weighted by Crippen LogP contribution is 2.25. The molecule has 2 rings (SSSR count). The number of rotatable bonds is 4. The Morgan fingerprint density at radius 3 is 2.35 bits per heavy atom. The highest BCUT2D eigenvalue weighted by Gasteiger charge is 2.25. The van der Waals surface area contributed by atoms with Crippen LogP contribution in [0.3, 0.4) is 0 Å². The van der Waals surface area contributed by atoms with Crippen LogP contribution >= 0.6 is 0 Å².